The van der Waals surface area contributed by atoms with Crippen LogP contribution in [0.4, 0.5) is 17.1 Å². The second kappa shape index (κ2) is 10.8. The lowest BCUT2D eigenvalue weighted by Gasteiger charge is -2.26. The minimum atomic E-state index is 0.884. The topological polar surface area (TPSA) is 29.5 Å². The minimum absolute atomic E-state index is 0.884. The van der Waals surface area contributed by atoms with Crippen molar-refractivity contribution in [3.63, 3.8) is 0 Å². The molecule has 238 valence electrons. The molecule has 0 saturated heterocycles. The van der Waals surface area contributed by atoms with Gasteiger partial charge in [0.2, 0.25) is 0 Å². The van der Waals surface area contributed by atoms with Crippen molar-refractivity contribution in [2.75, 3.05) is 4.90 Å². The van der Waals surface area contributed by atoms with E-state index in [1.54, 1.807) is 0 Å². The van der Waals surface area contributed by atoms with Crippen LogP contribution < -0.4 is 4.90 Å². The number of furan rings is 2. The Morgan fingerprint density at radius 1 is 0.275 bits per heavy atom. The summed E-state index contributed by atoms with van der Waals surface area (Å²) in [7, 11) is 0. The molecule has 9 aromatic carbocycles. The van der Waals surface area contributed by atoms with Crippen molar-refractivity contribution in [1.29, 1.82) is 0 Å². The predicted octanol–water partition coefficient (Wildman–Crippen LogP) is 14.1. The molecule has 2 aromatic heterocycles. The fraction of sp³-hybridized carbons (Fsp3) is 0. The number of fused-ring (bicyclic) bond motifs is 10. The third-order valence-electron chi connectivity index (χ3n) is 10.4. The molecular weight excluding hydrogens is 623 g/mol. The molecule has 0 spiro atoms. The maximum atomic E-state index is 6.22. The van der Waals surface area contributed by atoms with Crippen molar-refractivity contribution >= 4 is 93.3 Å². The average molecular weight is 652 g/mol. The largest absolute Gasteiger partial charge is 0.456 e. The monoisotopic (exact) mass is 651 g/mol. The number of hydrogen-bond acceptors (Lipinski definition) is 3. The Labute approximate surface area is 293 Å². The summed E-state index contributed by atoms with van der Waals surface area (Å²) >= 11 is 0. The van der Waals surface area contributed by atoms with Gasteiger partial charge in [0.25, 0.3) is 0 Å². The van der Waals surface area contributed by atoms with Gasteiger partial charge in [-0.25, -0.2) is 0 Å². The van der Waals surface area contributed by atoms with Crippen molar-refractivity contribution < 1.29 is 8.83 Å². The first kappa shape index (κ1) is 28.0. The Balaban J connectivity index is 1.08. The molecule has 11 aromatic rings. The van der Waals surface area contributed by atoms with E-state index in [0.29, 0.717) is 0 Å². The van der Waals surface area contributed by atoms with Crippen LogP contribution in [0, 0.1) is 0 Å². The quantitative estimate of drug-likeness (QED) is 0.177. The zero-order valence-electron chi connectivity index (χ0n) is 27.5. The van der Waals surface area contributed by atoms with E-state index in [1.807, 2.05) is 24.3 Å². The van der Waals surface area contributed by atoms with Crippen LogP contribution >= 0.6 is 0 Å². The first-order valence-electron chi connectivity index (χ1n) is 17.3. The van der Waals surface area contributed by atoms with Gasteiger partial charge in [-0.2, -0.15) is 0 Å². The van der Waals surface area contributed by atoms with Gasteiger partial charge in [0.15, 0.2) is 0 Å². The second-order valence-electron chi connectivity index (χ2n) is 13.4. The summed E-state index contributed by atoms with van der Waals surface area (Å²) in [5.41, 5.74) is 9.24. The third-order valence-corrected chi connectivity index (χ3v) is 10.4. The van der Waals surface area contributed by atoms with E-state index in [2.05, 4.69) is 157 Å². The van der Waals surface area contributed by atoms with E-state index < -0.39 is 0 Å². The first-order valence-corrected chi connectivity index (χ1v) is 17.3. The fourth-order valence-corrected chi connectivity index (χ4v) is 7.88. The predicted molar refractivity (Wildman–Crippen MR) is 214 cm³/mol. The smallest absolute Gasteiger partial charge is 0.136 e. The highest BCUT2D eigenvalue weighted by molar-refractivity contribution is 6.17. The fourth-order valence-electron chi connectivity index (χ4n) is 7.88. The van der Waals surface area contributed by atoms with Gasteiger partial charge in [0, 0.05) is 38.6 Å². The SMILES string of the molecule is c1ccc2cc(-c3ccc(N(c4ccc5c(ccc6cc7oc8ccccc8c7cc65)c4)c4ccc5oc6ccccc6c5c4)cc3)ccc2c1. The summed E-state index contributed by atoms with van der Waals surface area (Å²) < 4.78 is 12.4. The van der Waals surface area contributed by atoms with E-state index in [0.717, 1.165) is 60.9 Å². The summed E-state index contributed by atoms with van der Waals surface area (Å²) in [5.74, 6) is 0. The summed E-state index contributed by atoms with van der Waals surface area (Å²) in [6, 6.07) is 62.9. The average Bonchev–Trinajstić information content (AvgIpc) is 3.75. The highest BCUT2D eigenvalue weighted by Gasteiger charge is 2.17. The molecule has 3 nitrogen and oxygen atoms in total. The molecule has 0 fully saturated rings. The maximum absolute atomic E-state index is 6.22. The molecule has 0 N–H and O–H groups in total. The molecular formula is C48H29NO2. The van der Waals surface area contributed by atoms with Crippen LogP contribution in [0.15, 0.2) is 185 Å². The van der Waals surface area contributed by atoms with Gasteiger partial charge in [0.1, 0.15) is 22.3 Å². The van der Waals surface area contributed by atoms with Gasteiger partial charge in [-0.3, -0.25) is 0 Å². The van der Waals surface area contributed by atoms with Gasteiger partial charge in [0.05, 0.1) is 0 Å². The summed E-state index contributed by atoms with van der Waals surface area (Å²) in [6.07, 6.45) is 0. The van der Waals surface area contributed by atoms with Crippen molar-refractivity contribution in [1.82, 2.24) is 0 Å². The zero-order valence-corrected chi connectivity index (χ0v) is 27.5. The highest BCUT2D eigenvalue weighted by atomic mass is 16.3. The van der Waals surface area contributed by atoms with Crippen molar-refractivity contribution in [2.24, 2.45) is 0 Å². The number of rotatable bonds is 4. The van der Waals surface area contributed by atoms with Gasteiger partial charge >= 0.3 is 0 Å². The molecule has 0 aliphatic carbocycles. The van der Waals surface area contributed by atoms with E-state index in [-0.39, 0.29) is 0 Å². The van der Waals surface area contributed by atoms with Gasteiger partial charge in [-0.15, -0.1) is 0 Å². The Morgan fingerprint density at radius 2 is 0.843 bits per heavy atom. The Morgan fingerprint density at radius 3 is 1.65 bits per heavy atom. The molecule has 0 saturated carbocycles. The lowest BCUT2D eigenvalue weighted by Crippen LogP contribution is -2.09. The molecule has 3 heteroatoms. The van der Waals surface area contributed by atoms with E-state index in [9.17, 15) is 0 Å². The minimum Gasteiger partial charge on any atom is -0.456 e. The molecule has 0 aliphatic rings. The van der Waals surface area contributed by atoms with Gasteiger partial charge in [-0.05, 0) is 116 Å². The number of benzene rings is 9. The van der Waals surface area contributed by atoms with E-state index >= 15 is 0 Å². The van der Waals surface area contributed by atoms with E-state index in [1.165, 1.54) is 43.4 Å². The first-order chi connectivity index (χ1) is 25.2. The number of para-hydroxylation sites is 2. The second-order valence-corrected chi connectivity index (χ2v) is 13.4. The Kier molecular flexibility index (Phi) is 5.96. The van der Waals surface area contributed by atoms with Crippen LogP contribution in [0.25, 0.3) is 87.3 Å². The molecule has 0 aliphatic heterocycles. The van der Waals surface area contributed by atoms with E-state index in [4.69, 9.17) is 8.83 Å². The number of nitrogens with zero attached hydrogens (tertiary/aromatic N) is 1. The van der Waals surface area contributed by atoms with Crippen LogP contribution in [-0.4, -0.2) is 0 Å². The summed E-state index contributed by atoms with van der Waals surface area (Å²) in [6.45, 7) is 0. The molecule has 0 atom stereocenters. The number of hydrogen-bond donors (Lipinski definition) is 0. The van der Waals surface area contributed by atoms with Crippen molar-refractivity contribution in [2.45, 2.75) is 0 Å². The highest BCUT2D eigenvalue weighted by Crippen LogP contribution is 2.42. The van der Waals surface area contributed by atoms with Crippen LogP contribution in [0.2, 0.25) is 0 Å². The van der Waals surface area contributed by atoms with Crippen LogP contribution in [0.3, 0.4) is 0 Å². The Hall–Kier alpha value is -6.84. The molecule has 0 amide bonds. The molecule has 0 bridgehead atoms. The van der Waals surface area contributed by atoms with Crippen molar-refractivity contribution in [3.05, 3.63) is 176 Å². The molecule has 0 radical (unpaired) electrons. The lowest BCUT2D eigenvalue weighted by molar-refractivity contribution is 0.668. The molecule has 0 unspecified atom stereocenters. The molecule has 51 heavy (non-hydrogen) atoms. The molecule has 2 heterocycles. The molecule has 11 rings (SSSR count). The third kappa shape index (κ3) is 4.45. The number of anilines is 3. The van der Waals surface area contributed by atoms with Gasteiger partial charge in [-0.1, -0.05) is 103 Å². The maximum Gasteiger partial charge on any atom is 0.136 e. The summed E-state index contributed by atoms with van der Waals surface area (Å²) in [4.78, 5) is 2.35. The standard InChI is InChI=1S/C48H29NO2/c1-2-8-32-25-33(14-13-30(32)7-1)31-17-19-36(20-18-31)49(38-22-24-47-43(28-38)40-9-3-5-11-45(40)50-47)37-21-23-39-34(26-37)15-16-35-27-48-44(29-42(35)39)41-10-4-6-12-46(41)51-48/h1-29H. The van der Waals surface area contributed by atoms with Crippen LogP contribution in [-0.2, 0) is 0 Å². The normalized spacial score (nSPS) is 11.9. The summed E-state index contributed by atoms with van der Waals surface area (Å²) in [5, 5.41) is 11.8. The van der Waals surface area contributed by atoms with Crippen molar-refractivity contribution in [3.8, 4) is 11.1 Å². The zero-order chi connectivity index (χ0) is 33.5. The van der Waals surface area contributed by atoms with Crippen LogP contribution in [0.1, 0.15) is 0 Å². The van der Waals surface area contributed by atoms with Gasteiger partial charge < -0.3 is 13.7 Å². The Bertz CT molecular complexity index is 3150. The lowest BCUT2D eigenvalue weighted by atomic mass is 9.98. The van der Waals surface area contributed by atoms with Crippen LogP contribution in [0.5, 0.6) is 0 Å².